The summed E-state index contributed by atoms with van der Waals surface area (Å²) >= 11 is 0. The highest BCUT2D eigenvalue weighted by Gasteiger charge is 2.23. The van der Waals surface area contributed by atoms with Gasteiger partial charge in [0.1, 0.15) is 24.5 Å². The van der Waals surface area contributed by atoms with E-state index in [1.807, 2.05) is 24.3 Å². The SMILES string of the molecule is C[C@@H](C(=O)Nc1cc(C(C)(C)C)nn1-c1ccccn1)n1cncn1. The van der Waals surface area contributed by atoms with Gasteiger partial charge >= 0.3 is 0 Å². The van der Waals surface area contributed by atoms with Gasteiger partial charge in [0, 0.05) is 17.7 Å². The van der Waals surface area contributed by atoms with Gasteiger partial charge in [-0.3, -0.25) is 4.79 Å². The average molecular weight is 339 g/mol. The van der Waals surface area contributed by atoms with Crippen molar-refractivity contribution >= 4 is 11.7 Å². The Kier molecular flexibility index (Phi) is 4.35. The second-order valence-corrected chi connectivity index (χ2v) is 6.81. The van der Waals surface area contributed by atoms with Gasteiger partial charge in [0.25, 0.3) is 0 Å². The van der Waals surface area contributed by atoms with E-state index in [1.165, 1.54) is 17.3 Å². The van der Waals surface area contributed by atoms with Gasteiger partial charge in [0.2, 0.25) is 5.91 Å². The Balaban J connectivity index is 1.94. The number of carbonyl (C=O) groups is 1. The molecule has 3 aromatic rings. The van der Waals surface area contributed by atoms with Crippen molar-refractivity contribution in [3.63, 3.8) is 0 Å². The fourth-order valence-corrected chi connectivity index (χ4v) is 2.26. The molecule has 0 radical (unpaired) electrons. The summed E-state index contributed by atoms with van der Waals surface area (Å²) < 4.78 is 3.15. The lowest BCUT2D eigenvalue weighted by Gasteiger charge is -2.13. The van der Waals surface area contributed by atoms with Gasteiger partial charge in [-0.05, 0) is 19.1 Å². The van der Waals surface area contributed by atoms with Crippen molar-refractivity contribution in [1.82, 2.24) is 29.5 Å². The summed E-state index contributed by atoms with van der Waals surface area (Å²) in [6, 6.07) is 6.94. The summed E-state index contributed by atoms with van der Waals surface area (Å²) in [4.78, 5) is 20.8. The number of nitrogens with one attached hydrogen (secondary N) is 1. The zero-order chi connectivity index (χ0) is 18.0. The molecule has 25 heavy (non-hydrogen) atoms. The van der Waals surface area contributed by atoms with Crippen molar-refractivity contribution in [2.75, 3.05) is 5.32 Å². The first-order valence-electron chi connectivity index (χ1n) is 8.03. The van der Waals surface area contributed by atoms with Gasteiger partial charge in [-0.25, -0.2) is 14.6 Å². The lowest BCUT2D eigenvalue weighted by Crippen LogP contribution is -2.25. The van der Waals surface area contributed by atoms with Gasteiger partial charge in [-0.1, -0.05) is 26.8 Å². The van der Waals surface area contributed by atoms with E-state index < -0.39 is 6.04 Å². The minimum atomic E-state index is -0.493. The summed E-state index contributed by atoms with van der Waals surface area (Å²) in [5.41, 5.74) is 0.707. The Labute approximate surface area is 145 Å². The molecule has 0 saturated carbocycles. The monoisotopic (exact) mass is 339 g/mol. The third kappa shape index (κ3) is 3.57. The molecule has 1 amide bonds. The lowest BCUT2D eigenvalue weighted by molar-refractivity contribution is -0.119. The second kappa shape index (κ2) is 6.46. The number of carbonyl (C=O) groups excluding carboxylic acids is 1. The van der Waals surface area contributed by atoms with Crippen molar-refractivity contribution in [3.05, 3.63) is 48.8 Å². The molecule has 0 bridgehead atoms. The number of nitrogens with zero attached hydrogens (tertiary/aromatic N) is 6. The molecule has 0 fully saturated rings. The number of aromatic nitrogens is 6. The quantitative estimate of drug-likeness (QED) is 0.788. The van der Waals surface area contributed by atoms with Crippen LogP contribution < -0.4 is 5.32 Å². The van der Waals surface area contributed by atoms with Crippen molar-refractivity contribution in [2.45, 2.75) is 39.2 Å². The maximum atomic E-state index is 12.6. The highest BCUT2D eigenvalue weighted by molar-refractivity contribution is 5.92. The van der Waals surface area contributed by atoms with Crippen molar-refractivity contribution < 1.29 is 4.79 Å². The van der Waals surface area contributed by atoms with Crippen LogP contribution >= 0.6 is 0 Å². The molecular formula is C17H21N7O. The summed E-state index contributed by atoms with van der Waals surface area (Å²) in [6.45, 7) is 7.97. The molecular weight excluding hydrogens is 318 g/mol. The number of pyridine rings is 1. The molecule has 3 rings (SSSR count). The number of rotatable bonds is 4. The Hall–Kier alpha value is -3.03. The minimum Gasteiger partial charge on any atom is -0.309 e. The van der Waals surface area contributed by atoms with Crippen LogP contribution in [0, 0.1) is 0 Å². The average Bonchev–Trinajstić information content (AvgIpc) is 3.24. The Morgan fingerprint density at radius 1 is 1.28 bits per heavy atom. The maximum Gasteiger partial charge on any atom is 0.250 e. The number of anilines is 1. The summed E-state index contributed by atoms with van der Waals surface area (Å²) in [5, 5.41) is 11.6. The minimum absolute atomic E-state index is 0.156. The van der Waals surface area contributed by atoms with E-state index in [1.54, 1.807) is 17.8 Å². The van der Waals surface area contributed by atoms with Gasteiger partial charge < -0.3 is 5.32 Å². The molecule has 8 nitrogen and oxygen atoms in total. The molecule has 0 aromatic carbocycles. The summed E-state index contributed by atoms with van der Waals surface area (Å²) in [7, 11) is 0. The van der Waals surface area contributed by atoms with Crippen molar-refractivity contribution in [1.29, 1.82) is 0 Å². The van der Waals surface area contributed by atoms with Crippen LogP contribution in [0.1, 0.15) is 39.4 Å². The topological polar surface area (TPSA) is 90.5 Å². The van der Waals surface area contributed by atoms with E-state index in [0.717, 1.165) is 5.69 Å². The van der Waals surface area contributed by atoms with Crippen LogP contribution in [0.3, 0.4) is 0 Å². The highest BCUT2D eigenvalue weighted by atomic mass is 16.2. The van der Waals surface area contributed by atoms with Gasteiger partial charge in [-0.15, -0.1) is 0 Å². The molecule has 0 aliphatic carbocycles. The fraction of sp³-hybridized carbons (Fsp3) is 0.353. The maximum absolute atomic E-state index is 12.6. The van der Waals surface area contributed by atoms with Gasteiger partial charge in [0.05, 0.1) is 5.69 Å². The molecule has 8 heteroatoms. The molecule has 3 aromatic heterocycles. The molecule has 0 unspecified atom stereocenters. The van der Waals surface area contributed by atoms with Gasteiger partial charge in [0.15, 0.2) is 5.82 Å². The van der Waals surface area contributed by atoms with Crippen LogP contribution in [0.2, 0.25) is 0 Å². The Morgan fingerprint density at radius 2 is 2.08 bits per heavy atom. The molecule has 0 spiro atoms. The normalized spacial score (nSPS) is 12.8. The third-order valence-corrected chi connectivity index (χ3v) is 3.81. The van der Waals surface area contributed by atoms with Crippen LogP contribution in [-0.4, -0.2) is 35.4 Å². The fourth-order valence-electron chi connectivity index (χ4n) is 2.26. The smallest absolute Gasteiger partial charge is 0.250 e. The molecule has 0 aliphatic heterocycles. The number of hydrogen-bond acceptors (Lipinski definition) is 5. The van der Waals surface area contributed by atoms with E-state index in [2.05, 4.69) is 46.3 Å². The van der Waals surface area contributed by atoms with Crippen molar-refractivity contribution in [2.24, 2.45) is 0 Å². The first-order valence-corrected chi connectivity index (χ1v) is 8.03. The molecule has 0 saturated heterocycles. The van der Waals surface area contributed by atoms with Crippen LogP contribution in [0.15, 0.2) is 43.1 Å². The second-order valence-electron chi connectivity index (χ2n) is 6.81. The highest BCUT2D eigenvalue weighted by Crippen LogP contribution is 2.26. The van der Waals surface area contributed by atoms with E-state index >= 15 is 0 Å². The van der Waals surface area contributed by atoms with E-state index in [4.69, 9.17) is 0 Å². The summed E-state index contributed by atoms with van der Waals surface area (Å²) in [6.07, 6.45) is 4.61. The van der Waals surface area contributed by atoms with Crippen molar-refractivity contribution in [3.8, 4) is 5.82 Å². The lowest BCUT2D eigenvalue weighted by atomic mass is 9.92. The van der Waals surface area contributed by atoms with Gasteiger partial charge in [-0.2, -0.15) is 14.9 Å². The van der Waals surface area contributed by atoms with Crippen LogP contribution in [0.4, 0.5) is 5.82 Å². The Morgan fingerprint density at radius 3 is 2.68 bits per heavy atom. The molecule has 0 aliphatic rings. The zero-order valence-electron chi connectivity index (χ0n) is 14.7. The third-order valence-electron chi connectivity index (χ3n) is 3.81. The number of hydrogen-bond donors (Lipinski definition) is 1. The largest absolute Gasteiger partial charge is 0.309 e. The molecule has 1 N–H and O–H groups in total. The Bertz CT molecular complexity index is 847. The van der Waals surface area contributed by atoms with E-state index in [-0.39, 0.29) is 11.3 Å². The number of amides is 1. The first kappa shape index (κ1) is 16.8. The van der Waals surface area contributed by atoms with Crippen LogP contribution in [0.25, 0.3) is 5.82 Å². The van der Waals surface area contributed by atoms with E-state index in [9.17, 15) is 4.79 Å². The molecule has 1 atom stereocenters. The standard InChI is InChI=1S/C17H21N7O/c1-12(23-11-18-10-20-23)16(25)21-15-9-13(17(2,3)4)22-24(15)14-7-5-6-8-19-14/h5-12H,1-4H3,(H,21,25)/t12-/m0/s1. The van der Waals surface area contributed by atoms with Crippen LogP contribution in [-0.2, 0) is 10.2 Å². The molecule has 130 valence electrons. The molecule has 3 heterocycles. The predicted molar refractivity (Wildman–Crippen MR) is 93.4 cm³/mol. The summed E-state index contributed by atoms with van der Waals surface area (Å²) in [5.74, 6) is 1.00. The van der Waals surface area contributed by atoms with E-state index in [0.29, 0.717) is 11.6 Å². The zero-order valence-corrected chi connectivity index (χ0v) is 14.7. The first-order chi connectivity index (χ1) is 11.9. The van der Waals surface area contributed by atoms with Crippen LogP contribution in [0.5, 0.6) is 0 Å². The predicted octanol–water partition coefficient (Wildman–Crippen LogP) is 2.36.